The number of carbonyl (C=O) groups is 2. The Morgan fingerprint density at radius 2 is 1.77 bits per heavy atom. The van der Waals surface area contributed by atoms with Crippen LogP contribution in [0.1, 0.15) is 17.3 Å². The van der Waals surface area contributed by atoms with Crippen LogP contribution in [0.15, 0.2) is 54.2 Å². The van der Waals surface area contributed by atoms with Crippen LogP contribution in [0.25, 0.3) is 10.8 Å². The van der Waals surface area contributed by atoms with Gasteiger partial charge in [0, 0.05) is 25.9 Å². The molecule has 0 N–H and O–H groups in total. The second-order valence-corrected chi connectivity index (χ2v) is 5.08. The molecule has 114 valence electrons. The van der Waals surface area contributed by atoms with Crippen molar-refractivity contribution in [2.24, 2.45) is 0 Å². The van der Waals surface area contributed by atoms with Crippen LogP contribution in [0, 0.1) is 0 Å². The van der Waals surface area contributed by atoms with Crippen molar-refractivity contribution in [1.82, 2.24) is 4.90 Å². The molecule has 0 heterocycles. The van der Waals surface area contributed by atoms with E-state index in [-0.39, 0.29) is 18.0 Å². The van der Waals surface area contributed by atoms with Gasteiger partial charge in [0.15, 0.2) is 0 Å². The Kier molecular flexibility index (Phi) is 4.94. The Balaban J connectivity index is 2.52. The number of esters is 1. The van der Waals surface area contributed by atoms with Crippen LogP contribution >= 0.6 is 0 Å². The van der Waals surface area contributed by atoms with Gasteiger partial charge in [-0.3, -0.25) is 4.79 Å². The number of carbonyl (C=O) groups excluding carboxylic acids is 2. The number of hydrogen-bond donors (Lipinski definition) is 0. The van der Waals surface area contributed by atoms with E-state index in [1.54, 1.807) is 32.0 Å². The van der Waals surface area contributed by atoms with Gasteiger partial charge in [0.1, 0.15) is 5.57 Å². The molecule has 0 aliphatic rings. The summed E-state index contributed by atoms with van der Waals surface area (Å²) in [4.78, 5) is 26.6. The molecule has 4 heteroatoms. The first-order valence-corrected chi connectivity index (χ1v) is 7.12. The first-order chi connectivity index (χ1) is 10.5. The van der Waals surface area contributed by atoms with Crippen LogP contribution in [0.4, 0.5) is 0 Å². The first-order valence-electron chi connectivity index (χ1n) is 7.12. The Morgan fingerprint density at radius 1 is 1.09 bits per heavy atom. The molecule has 2 aromatic rings. The van der Waals surface area contributed by atoms with E-state index < -0.39 is 5.97 Å². The third kappa shape index (κ3) is 3.34. The summed E-state index contributed by atoms with van der Waals surface area (Å²) in [6, 6.07) is 13.1. The molecule has 0 saturated carbocycles. The smallest absolute Gasteiger partial charge is 0.343 e. The van der Waals surface area contributed by atoms with E-state index >= 15 is 0 Å². The maximum Gasteiger partial charge on any atom is 0.343 e. The summed E-state index contributed by atoms with van der Waals surface area (Å²) in [6.45, 7) is 1.94. The largest absolute Gasteiger partial charge is 0.462 e. The number of ether oxygens (including phenoxy) is 1. The molecule has 4 nitrogen and oxygen atoms in total. The Hall–Kier alpha value is -2.62. The number of fused-ring (bicyclic) bond motifs is 1. The number of Topliss-reactive ketones (excluding diaryl/α,β-unsaturated/α-hetero) is 1. The van der Waals surface area contributed by atoms with Crippen molar-refractivity contribution < 1.29 is 14.3 Å². The van der Waals surface area contributed by atoms with Gasteiger partial charge in [0.25, 0.3) is 0 Å². The maximum absolute atomic E-state index is 12.8. The molecule has 0 unspecified atom stereocenters. The lowest BCUT2D eigenvalue weighted by molar-refractivity contribution is -0.138. The minimum absolute atomic E-state index is 0.0307. The quantitative estimate of drug-likeness (QED) is 0.280. The Labute approximate surface area is 130 Å². The number of hydrogen-bond acceptors (Lipinski definition) is 4. The van der Waals surface area contributed by atoms with E-state index in [0.29, 0.717) is 5.56 Å². The number of nitrogens with zero attached hydrogens (tertiary/aromatic N) is 1. The number of benzene rings is 2. The average molecular weight is 297 g/mol. The van der Waals surface area contributed by atoms with Gasteiger partial charge in [-0.25, -0.2) is 4.79 Å². The molecule has 0 amide bonds. The monoisotopic (exact) mass is 297 g/mol. The summed E-state index contributed by atoms with van der Waals surface area (Å²) < 4.78 is 5.00. The van der Waals surface area contributed by atoms with Gasteiger partial charge in [-0.15, -0.1) is 0 Å². The van der Waals surface area contributed by atoms with Crippen molar-refractivity contribution in [3.05, 3.63) is 59.8 Å². The van der Waals surface area contributed by atoms with E-state index in [1.165, 1.54) is 6.20 Å². The van der Waals surface area contributed by atoms with Gasteiger partial charge >= 0.3 is 5.97 Å². The molecule has 0 saturated heterocycles. The maximum atomic E-state index is 12.8. The number of ketones is 1. The summed E-state index contributed by atoms with van der Waals surface area (Å²) >= 11 is 0. The van der Waals surface area contributed by atoms with Crippen molar-refractivity contribution in [2.75, 3.05) is 20.7 Å². The molecule has 0 aliphatic heterocycles. The van der Waals surface area contributed by atoms with E-state index in [4.69, 9.17) is 4.74 Å². The van der Waals surface area contributed by atoms with Crippen LogP contribution in [0.5, 0.6) is 0 Å². The van der Waals surface area contributed by atoms with E-state index in [2.05, 4.69) is 0 Å². The highest BCUT2D eigenvalue weighted by atomic mass is 16.5. The molecule has 0 atom stereocenters. The minimum Gasteiger partial charge on any atom is -0.462 e. The highest BCUT2D eigenvalue weighted by Crippen LogP contribution is 2.21. The van der Waals surface area contributed by atoms with Crippen molar-refractivity contribution in [1.29, 1.82) is 0 Å². The van der Waals surface area contributed by atoms with Crippen molar-refractivity contribution in [2.45, 2.75) is 6.92 Å². The summed E-state index contributed by atoms with van der Waals surface area (Å²) in [6.07, 6.45) is 1.50. The topological polar surface area (TPSA) is 46.6 Å². The molecule has 0 fully saturated rings. The molecule has 0 spiro atoms. The zero-order valence-corrected chi connectivity index (χ0v) is 13.0. The van der Waals surface area contributed by atoms with Gasteiger partial charge in [-0.05, 0) is 17.7 Å². The van der Waals surface area contributed by atoms with Crippen LogP contribution in [-0.4, -0.2) is 37.4 Å². The molecular weight excluding hydrogens is 278 g/mol. The van der Waals surface area contributed by atoms with Gasteiger partial charge < -0.3 is 9.64 Å². The molecule has 0 aromatic heterocycles. The summed E-state index contributed by atoms with van der Waals surface area (Å²) in [7, 11) is 3.52. The van der Waals surface area contributed by atoms with Crippen molar-refractivity contribution >= 4 is 22.5 Å². The fraction of sp³-hybridized carbons (Fsp3) is 0.222. The van der Waals surface area contributed by atoms with E-state index in [0.717, 1.165) is 10.8 Å². The SMILES string of the molecule is CCOC(=O)C(=CN(C)C)C(=O)c1cccc2ccccc12. The van der Waals surface area contributed by atoms with Gasteiger partial charge in [-0.2, -0.15) is 0 Å². The van der Waals surface area contributed by atoms with Crippen LogP contribution < -0.4 is 0 Å². The molecule has 0 bridgehead atoms. The second-order valence-electron chi connectivity index (χ2n) is 5.08. The molecule has 0 aliphatic carbocycles. The Morgan fingerprint density at radius 3 is 2.45 bits per heavy atom. The Bertz CT molecular complexity index is 727. The van der Waals surface area contributed by atoms with Crippen molar-refractivity contribution in [3.8, 4) is 0 Å². The lowest BCUT2D eigenvalue weighted by atomic mass is 9.97. The minimum atomic E-state index is -0.603. The third-order valence-corrected chi connectivity index (χ3v) is 3.16. The summed E-state index contributed by atoms with van der Waals surface area (Å²) in [5.41, 5.74) is 0.530. The second kappa shape index (κ2) is 6.89. The highest BCUT2D eigenvalue weighted by molar-refractivity contribution is 6.27. The van der Waals surface area contributed by atoms with Crippen LogP contribution in [0.2, 0.25) is 0 Å². The number of rotatable bonds is 5. The zero-order valence-electron chi connectivity index (χ0n) is 13.0. The van der Waals surface area contributed by atoms with E-state index in [9.17, 15) is 9.59 Å². The van der Waals surface area contributed by atoms with Gasteiger partial charge in [0.2, 0.25) is 5.78 Å². The highest BCUT2D eigenvalue weighted by Gasteiger charge is 2.23. The van der Waals surface area contributed by atoms with Crippen LogP contribution in [-0.2, 0) is 9.53 Å². The average Bonchev–Trinajstić information content (AvgIpc) is 2.51. The molecule has 22 heavy (non-hydrogen) atoms. The molecule has 2 aromatic carbocycles. The summed E-state index contributed by atoms with van der Waals surface area (Å²) in [5, 5.41) is 1.78. The predicted octanol–water partition coefficient (Wildman–Crippen LogP) is 3.03. The van der Waals surface area contributed by atoms with Crippen LogP contribution in [0.3, 0.4) is 0 Å². The fourth-order valence-electron chi connectivity index (χ4n) is 2.24. The molecular formula is C18H19NO3. The summed E-state index contributed by atoms with van der Waals surface area (Å²) in [5.74, 6) is -0.932. The lowest BCUT2D eigenvalue weighted by Crippen LogP contribution is -2.19. The third-order valence-electron chi connectivity index (χ3n) is 3.16. The standard InChI is InChI=1S/C18H19NO3/c1-4-22-18(21)16(12-19(2)3)17(20)15-11-7-9-13-8-5-6-10-14(13)15/h5-12H,4H2,1-3H3. The molecule has 2 rings (SSSR count). The van der Waals surface area contributed by atoms with Crippen molar-refractivity contribution in [3.63, 3.8) is 0 Å². The first kappa shape index (κ1) is 15.8. The lowest BCUT2D eigenvalue weighted by Gasteiger charge is -2.12. The van der Waals surface area contributed by atoms with Gasteiger partial charge in [-0.1, -0.05) is 42.5 Å². The van der Waals surface area contributed by atoms with E-state index in [1.807, 2.05) is 36.4 Å². The zero-order chi connectivity index (χ0) is 16.1. The molecule has 0 radical (unpaired) electrons. The van der Waals surface area contributed by atoms with Gasteiger partial charge in [0.05, 0.1) is 6.61 Å². The predicted molar refractivity (Wildman–Crippen MR) is 86.7 cm³/mol. The fourth-order valence-corrected chi connectivity index (χ4v) is 2.24. The normalized spacial score (nSPS) is 11.3.